The third-order valence-corrected chi connectivity index (χ3v) is 7.61. The number of halogens is 1. The predicted molar refractivity (Wildman–Crippen MR) is 148 cm³/mol. The van der Waals surface area contributed by atoms with Crippen molar-refractivity contribution in [3.05, 3.63) is 59.1 Å². The van der Waals surface area contributed by atoms with Crippen LogP contribution in [0, 0.1) is 0 Å². The number of sulfonamides is 1. The molecule has 2 aromatic rings. The van der Waals surface area contributed by atoms with E-state index in [1.54, 1.807) is 41.3 Å². The molecule has 0 aliphatic carbocycles. The van der Waals surface area contributed by atoms with Gasteiger partial charge < -0.3 is 15.0 Å². The topological polar surface area (TPSA) is 96.0 Å². The normalized spacial score (nSPS) is 12.9. The van der Waals surface area contributed by atoms with Crippen molar-refractivity contribution in [3.63, 3.8) is 0 Å². The fourth-order valence-electron chi connectivity index (χ4n) is 3.90. The van der Waals surface area contributed by atoms with Gasteiger partial charge in [0.2, 0.25) is 21.8 Å². The number of methoxy groups -OCH3 is 1. The Morgan fingerprint density at radius 2 is 1.65 bits per heavy atom. The lowest BCUT2D eigenvalue weighted by Crippen LogP contribution is -2.50. The highest BCUT2D eigenvalue weighted by Crippen LogP contribution is 2.23. The van der Waals surface area contributed by atoms with E-state index in [1.165, 1.54) is 11.4 Å². The lowest BCUT2D eigenvalue weighted by atomic mass is 10.1. The standard InChI is InChI=1S/C27H38ClN3O5S/c1-6-20(3)29-27(33)25(7-2)30(19-21-10-12-22(28)13-11-21)26(32)9-8-18-31(37(5,34)35)23-14-16-24(36-4)17-15-23/h10-17,20,25H,6-9,18-19H2,1-5H3,(H,29,33)/t20-,25-/m1/s1. The zero-order valence-corrected chi connectivity index (χ0v) is 23.8. The largest absolute Gasteiger partial charge is 0.497 e. The molecule has 0 aliphatic heterocycles. The van der Waals surface area contributed by atoms with Gasteiger partial charge in [0.1, 0.15) is 11.8 Å². The number of hydrogen-bond donors (Lipinski definition) is 1. The second-order valence-electron chi connectivity index (χ2n) is 9.03. The molecule has 2 rings (SSSR count). The minimum absolute atomic E-state index is 0.0122. The molecule has 0 unspecified atom stereocenters. The van der Waals surface area contributed by atoms with Crippen LogP contribution in [0.1, 0.15) is 52.0 Å². The molecule has 37 heavy (non-hydrogen) atoms. The molecule has 0 saturated heterocycles. The van der Waals surface area contributed by atoms with E-state index >= 15 is 0 Å². The number of anilines is 1. The summed E-state index contributed by atoms with van der Waals surface area (Å²) in [6.45, 7) is 6.16. The van der Waals surface area contributed by atoms with Crippen LogP contribution in [-0.2, 0) is 26.2 Å². The van der Waals surface area contributed by atoms with Crippen LogP contribution in [-0.4, -0.2) is 57.1 Å². The smallest absolute Gasteiger partial charge is 0.243 e. The van der Waals surface area contributed by atoms with Gasteiger partial charge in [-0.25, -0.2) is 8.42 Å². The van der Waals surface area contributed by atoms with Gasteiger partial charge in [-0.15, -0.1) is 0 Å². The van der Waals surface area contributed by atoms with E-state index in [9.17, 15) is 18.0 Å². The Labute approximate surface area is 226 Å². The number of benzene rings is 2. The van der Waals surface area contributed by atoms with Gasteiger partial charge in [-0.05, 0) is 68.1 Å². The molecule has 10 heteroatoms. The molecule has 204 valence electrons. The molecule has 0 bridgehead atoms. The summed E-state index contributed by atoms with van der Waals surface area (Å²) in [5.41, 5.74) is 1.34. The van der Waals surface area contributed by atoms with Crippen LogP contribution in [0.2, 0.25) is 5.02 Å². The molecule has 0 aliphatic rings. The van der Waals surface area contributed by atoms with Gasteiger partial charge >= 0.3 is 0 Å². The summed E-state index contributed by atoms with van der Waals surface area (Å²) in [4.78, 5) is 28.1. The summed E-state index contributed by atoms with van der Waals surface area (Å²) < 4.78 is 31.4. The van der Waals surface area contributed by atoms with Crippen LogP contribution in [0.15, 0.2) is 48.5 Å². The van der Waals surface area contributed by atoms with E-state index < -0.39 is 16.1 Å². The Balaban J connectivity index is 2.21. The molecule has 2 aromatic carbocycles. The summed E-state index contributed by atoms with van der Waals surface area (Å²) >= 11 is 6.02. The zero-order valence-electron chi connectivity index (χ0n) is 22.2. The first kappa shape index (κ1) is 30.4. The van der Waals surface area contributed by atoms with Crippen LogP contribution in [0.5, 0.6) is 5.75 Å². The summed E-state index contributed by atoms with van der Waals surface area (Å²) in [6, 6.07) is 13.2. The average molecular weight is 552 g/mol. The highest BCUT2D eigenvalue weighted by atomic mass is 35.5. The lowest BCUT2D eigenvalue weighted by Gasteiger charge is -2.32. The molecule has 0 fully saturated rings. The first-order valence-electron chi connectivity index (χ1n) is 12.5. The molecular formula is C27H38ClN3O5S. The first-order chi connectivity index (χ1) is 17.5. The van der Waals surface area contributed by atoms with Crippen LogP contribution in [0.3, 0.4) is 0 Å². The molecule has 8 nitrogen and oxygen atoms in total. The molecule has 0 aromatic heterocycles. The van der Waals surface area contributed by atoms with Crippen molar-refractivity contribution in [1.29, 1.82) is 0 Å². The molecule has 0 saturated carbocycles. The fraction of sp³-hybridized carbons (Fsp3) is 0.481. The number of rotatable bonds is 14. The zero-order chi connectivity index (χ0) is 27.6. The summed E-state index contributed by atoms with van der Waals surface area (Å²) in [6.07, 6.45) is 2.74. The molecule has 0 heterocycles. The van der Waals surface area contributed by atoms with Crippen LogP contribution in [0.25, 0.3) is 0 Å². The van der Waals surface area contributed by atoms with E-state index in [0.717, 1.165) is 18.2 Å². The third kappa shape index (κ3) is 9.23. The second kappa shape index (κ2) is 14.2. The van der Waals surface area contributed by atoms with Gasteiger partial charge in [0.15, 0.2) is 0 Å². The van der Waals surface area contributed by atoms with E-state index in [1.807, 2.05) is 32.9 Å². The third-order valence-electron chi connectivity index (χ3n) is 6.17. The number of carbonyl (C=O) groups is 2. The maximum absolute atomic E-state index is 13.5. The summed E-state index contributed by atoms with van der Waals surface area (Å²) in [7, 11) is -2.03. The molecule has 0 spiro atoms. The fourth-order valence-corrected chi connectivity index (χ4v) is 4.99. The van der Waals surface area contributed by atoms with Gasteiger partial charge in [0.05, 0.1) is 19.1 Å². The minimum Gasteiger partial charge on any atom is -0.497 e. The number of nitrogens with zero attached hydrogens (tertiary/aromatic N) is 2. The van der Waals surface area contributed by atoms with E-state index in [2.05, 4.69) is 5.32 Å². The Bertz CT molecular complexity index is 1120. The van der Waals surface area contributed by atoms with E-state index in [4.69, 9.17) is 16.3 Å². The van der Waals surface area contributed by atoms with E-state index in [0.29, 0.717) is 29.3 Å². The molecule has 1 N–H and O–H groups in total. The minimum atomic E-state index is -3.57. The Kier molecular flexibility index (Phi) is 11.7. The van der Waals surface area contributed by atoms with Gasteiger partial charge in [0, 0.05) is 30.6 Å². The maximum atomic E-state index is 13.5. The van der Waals surface area contributed by atoms with Crippen LogP contribution >= 0.6 is 11.6 Å². The van der Waals surface area contributed by atoms with Gasteiger partial charge in [-0.2, -0.15) is 0 Å². The van der Waals surface area contributed by atoms with Gasteiger partial charge in [-0.3, -0.25) is 13.9 Å². The van der Waals surface area contributed by atoms with Crippen molar-refractivity contribution >= 4 is 39.1 Å². The van der Waals surface area contributed by atoms with Gasteiger partial charge in [-0.1, -0.05) is 37.6 Å². The number of ether oxygens (including phenoxy) is 1. The van der Waals surface area contributed by atoms with Crippen LogP contribution < -0.4 is 14.4 Å². The lowest BCUT2D eigenvalue weighted by molar-refractivity contribution is -0.141. The number of amides is 2. The highest BCUT2D eigenvalue weighted by molar-refractivity contribution is 7.92. The predicted octanol–water partition coefficient (Wildman–Crippen LogP) is 4.62. The second-order valence-corrected chi connectivity index (χ2v) is 11.4. The van der Waals surface area contributed by atoms with Crippen molar-refractivity contribution in [2.45, 2.75) is 65.1 Å². The summed E-state index contributed by atoms with van der Waals surface area (Å²) in [5.74, 6) is 0.200. The van der Waals surface area contributed by atoms with E-state index in [-0.39, 0.29) is 37.4 Å². The molecule has 2 atom stereocenters. The van der Waals surface area contributed by atoms with Crippen molar-refractivity contribution in [2.75, 3.05) is 24.2 Å². The quantitative estimate of drug-likeness (QED) is 0.370. The Morgan fingerprint density at radius 1 is 1.03 bits per heavy atom. The number of carbonyl (C=O) groups excluding carboxylic acids is 2. The number of hydrogen-bond acceptors (Lipinski definition) is 5. The molecule has 0 radical (unpaired) electrons. The average Bonchev–Trinajstić information content (AvgIpc) is 2.86. The summed E-state index contributed by atoms with van der Waals surface area (Å²) in [5, 5.41) is 3.57. The molecule has 2 amide bonds. The van der Waals surface area contributed by atoms with Gasteiger partial charge in [0.25, 0.3) is 0 Å². The monoisotopic (exact) mass is 551 g/mol. The number of nitrogens with one attached hydrogen (secondary N) is 1. The van der Waals surface area contributed by atoms with Crippen molar-refractivity contribution in [2.24, 2.45) is 0 Å². The van der Waals surface area contributed by atoms with Crippen LogP contribution in [0.4, 0.5) is 5.69 Å². The van der Waals surface area contributed by atoms with Crippen molar-refractivity contribution < 1.29 is 22.7 Å². The highest BCUT2D eigenvalue weighted by Gasteiger charge is 2.29. The van der Waals surface area contributed by atoms with Crippen molar-refractivity contribution in [1.82, 2.24) is 10.2 Å². The SMILES string of the molecule is CC[C@@H](C)NC(=O)[C@@H](CC)N(Cc1ccc(Cl)cc1)C(=O)CCCN(c1ccc(OC)cc1)S(C)(=O)=O. The Hall–Kier alpha value is -2.78. The molecular weight excluding hydrogens is 514 g/mol. The Morgan fingerprint density at radius 3 is 2.16 bits per heavy atom. The first-order valence-corrected chi connectivity index (χ1v) is 14.7. The maximum Gasteiger partial charge on any atom is 0.243 e. The van der Waals surface area contributed by atoms with Crippen molar-refractivity contribution in [3.8, 4) is 5.75 Å².